The van der Waals surface area contributed by atoms with Gasteiger partial charge < -0.3 is 14.8 Å². The number of aryl methyl sites for hydroxylation is 2. The van der Waals surface area contributed by atoms with Gasteiger partial charge in [0, 0.05) is 18.2 Å². The van der Waals surface area contributed by atoms with Gasteiger partial charge >= 0.3 is 0 Å². The van der Waals surface area contributed by atoms with Gasteiger partial charge in [-0.15, -0.1) is 0 Å². The fraction of sp³-hybridized carbons (Fsp3) is 0.412. The summed E-state index contributed by atoms with van der Waals surface area (Å²) in [7, 11) is 3.14. The summed E-state index contributed by atoms with van der Waals surface area (Å²) < 4.78 is 12.3. The minimum absolute atomic E-state index is 0.0204. The Bertz CT molecular complexity index is 694. The van der Waals surface area contributed by atoms with E-state index in [1.165, 1.54) is 0 Å². The predicted molar refractivity (Wildman–Crippen MR) is 89.2 cm³/mol. The molecule has 1 aromatic carbocycles. The van der Waals surface area contributed by atoms with E-state index in [0.29, 0.717) is 23.6 Å². The van der Waals surface area contributed by atoms with Crippen molar-refractivity contribution < 1.29 is 14.3 Å². The second-order valence-electron chi connectivity index (χ2n) is 5.54. The van der Waals surface area contributed by atoms with Crippen molar-refractivity contribution in [3.8, 4) is 11.5 Å². The van der Waals surface area contributed by atoms with Crippen LogP contribution in [0.3, 0.4) is 0 Å². The van der Waals surface area contributed by atoms with Crippen LogP contribution in [0.2, 0.25) is 0 Å². The molecule has 23 heavy (non-hydrogen) atoms. The first-order chi connectivity index (χ1) is 10.9. The van der Waals surface area contributed by atoms with E-state index in [1.54, 1.807) is 32.4 Å². The highest BCUT2D eigenvalue weighted by Crippen LogP contribution is 2.29. The summed E-state index contributed by atoms with van der Waals surface area (Å²) >= 11 is 0. The fourth-order valence-electron chi connectivity index (χ4n) is 2.55. The maximum Gasteiger partial charge on any atom is 0.226 e. The first kappa shape index (κ1) is 16.9. The molecule has 0 saturated carbocycles. The Balaban J connectivity index is 2.06. The van der Waals surface area contributed by atoms with Gasteiger partial charge in [0.25, 0.3) is 0 Å². The number of nitrogens with zero attached hydrogens (tertiary/aromatic N) is 2. The van der Waals surface area contributed by atoms with E-state index in [0.717, 1.165) is 11.4 Å². The first-order valence-corrected chi connectivity index (χ1v) is 7.49. The van der Waals surface area contributed by atoms with E-state index < -0.39 is 0 Å². The van der Waals surface area contributed by atoms with Gasteiger partial charge in [-0.05, 0) is 39.0 Å². The molecule has 1 atom stereocenters. The number of amides is 1. The molecule has 0 radical (unpaired) electrons. The van der Waals surface area contributed by atoms with Crippen LogP contribution in [0.15, 0.2) is 24.3 Å². The summed E-state index contributed by atoms with van der Waals surface area (Å²) in [4.78, 5) is 12.3. The van der Waals surface area contributed by atoms with Gasteiger partial charge in [-0.2, -0.15) is 5.10 Å². The summed E-state index contributed by atoms with van der Waals surface area (Å²) in [6.07, 6.45) is 0.330. The van der Waals surface area contributed by atoms with Gasteiger partial charge in [0.15, 0.2) is 0 Å². The average Bonchev–Trinajstić information content (AvgIpc) is 2.86. The number of ether oxygens (including phenoxy) is 2. The van der Waals surface area contributed by atoms with E-state index in [9.17, 15) is 4.79 Å². The SMILES string of the molecule is COc1ccc(NC(=O)C[C@H](C)n2nc(C)cc2C)c(OC)c1. The smallest absolute Gasteiger partial charge is 0.226 e. The molecule has 0 spiro atoms. The third-order valence-corrected chi connectivity index (χ3v) is 3.63. The molecule has 1 aromatic heterocycles. The lowest BCUT2D eigenvalue weighted by atomic mass is 10.2. The Hall–Kier alpha value is -2.50. The molecule has 1 heterocycles. The molecule has 0 fully saturated rings. The molecule has 0 unspecified atom stereocenters. The van der Waals surface area contributed by atoms with Crippen molar-refractivity contribution in [3.05, 3.63) is 35.7 Å². The van der Waals surface area contributed by atoms with Crippen molar-refractivity contribution in [1.82, 2.24) is 9.78 Å². The molecule has 6 heteroatoms. The van der Waals surface area contributed by atoms with Crippen LogP contribution < -0.4 is 14.8 Å². The highest BCUT2D eigenvalue weighted by Gasteiger charge is 2.15. The minimum Gasteiger partial charge on any atom is -0.497 e. The van der Waals surface area contributed by atoms with Gasteiger partial charge in [-0.3, -0.25) is 9.48 Å². The van der Waals surface area contributed by atoms with Crippen LogP contribution >= 0.6 is 0 Å². The molecular weight excluding hydrogens is 294 g/mol. The van der Waals surface area contributed by atoms with Crippen molar-refractivity contribution >= 4 is 11.6 Å². The standard InChI is InChI=1S/C17H23N3O3/c1-11-8-12(2)20(19-11)13(3)9-17(21)18-15-7-6-14(22-4)10-16(15)23-5/h6-8,10,13H,9H2,1-5H3,(H,18,21)/t13-/m0/s1. The zero-order chi connectivity index (χ0) is 17.0. The van der Waals surface area contributed by atoms with Crippen LogP contribution in [0, 0.1) is 13.8 Å². The lowest BCUT2D eigenvalue weighted by molar-refractivity contribution is -0.116. The molecule has 1 N–H and O–H groups in total. The number of nitrogens with one attached hydrogen (secondary N) is 1. The number of anilines is 1. The summed E-state index contributed by atoms with van der Waals surface area (Å²) in [6, 6.07) is 7.26. The van der Waals surface area contributed by atoms with E-state index >= 15 is 0 Å². The zero-order valence-corrected chi connectivity index (χ0v) is 14.2. The molecule has 2 rings (SSSR count). The van der Waals surface area contributed by atoms with Crippen LogP contribution in [0.1, 0.15) is 30.8 Å². The monoisotopic (exact) mass is 317 g/mol. The highest BCUT2D eigenvalue weighted by atomic mass is 16.5. The first-order valence-electron chi connectivity index (χ1n) is 7.49. The van der Waals surface area contributed by atoms with Gasteiger partial charge in [0.1, 0.15) is 11.5 Å². The summed E-state index contributed by atoms with van der Waals surface area (Å²) in [5.74, 6) is 1.15. The molecule has 0 saturated heterocycles. The van der Waals surface area contributed by atoms with Crippen molar-refractivity contribution in [2.45, 2.75) is 33.2 Å². The summed E-state index contributed by atoms with van der Waals surface area (Å²) in [6.45, 7) is 5.91. The predicted octanol–water partition coefficient (Wildman–Crippen LogP) is 3.11. The average molecular weight is 317 g/mol. The number of hydrogen-bond acceptors (Lipinski definition) is 4. The van der Waals surface area contributed by atoms with Crippen molar-refractivity contribution in [1.29, 1.82) is 0 Å². The maximum absolute atomic E-state index is 12.3. The Morgan fingerprint density at radius 3 is 2.57 bits per heavy atom. The van der Waals surface area contributed by atoms with Gasteiger partial charge in [-0.1, -0.05) is 0 Å². The lowest BCUT2D eigenvalue weighted by Gasteiger charge is -2.15. The maximum atomic E-state index is 12.3. The third kappa shape index (κ3) is 4.03. The van der Waals surface area contributed by atoms with Crippen LogP contribution in [0.25, 0.3) is 0 Å². The zero-order valence-electron chi connectivity index (χ0n) is 14.2. The van der Waals surface area contributed by atoms with Gasteiger partial charge in [0.05, 0.1) is 31.6 Å². The highest BCUT2D eigenvalue weighted by molar-refractivity contribution is 5.92. The molecule has 2 aromatic rings. The second kappa shape index (κ2) is 7.17. The number of aromatic nitrogens is 2. The van der Waals surface area contributed by atoms with Crippen LogP contribution in [0.5, 0.6) is 11.5 Å². The largest absolute Gasteiger partial charge is 0.497 e. The van der Waals surface area contributed by atoms with E-state index in [1.807, 2.05) is 31.5 Å². The van der Waals surface area contributed by atoms with Crippen LogP contribution in [0.4, 0.5) is 5.69 Å². The van der Waals surface area contributed by atoms with Crippen LogP contribution in [-0.2, 0) is 4.79 Å². The molecule has 1 amide bonds. The molecule has 124 valence electrons. The Kier molecular flexibility index (Phi) is 5.26. The topological polar surface area (TPSA) is 65.4 Å². The van der Waals surface area contributed by atoms with E-state index in [2.05, 4.69) is 10.4 Å². The van der Waals surface area contributed by atoms with Gasteiger partial charge in [0.2, 0.25) is 5.91 Å². The van der Waals surface area contributed by atoms with Crippen LogP contribution in [-0.4, -0.2) is 29.9 Å². The third-order valence-electron chi connectivity index (χ3n) is 3.63. The number of rotatable bonds is 6. The molecule has 0 aliphatic carbocycles. The normalized spacial score (nSPS) is 11.9. The Labute approximate surface area is 136 Å². The minimum atomic E-state index is -0.0893. The number of carbonyl (C=O) groups is 1. The Morgan fingerprint density at radius 2 is 2.00 bits per heavy atom. The number of methoxy groups -OCH3 is 2. The number of carbonyl (C=O) groups excluding carboxylic acids is 1. The fourth-order valence-corrected chi connectivity index (χ4v) is 2.55. The van der Waals surface area contributed by atoms with E-state index in [4.69, 9.17) is 9.47 Å². The molecular formula is C17H23N3O3. The Morgan fingerprint density at radius 1 is 1.26 bits per heavy atom. The van der Waals surface area contributed by atoms with E-state index in [-0.39, 0.29) is 11.9 Å². The van der Waals surface area contributed by atoms with Crippen molar-refractivity contribution in [2.24, 2.45) is 0 Å². The van der Waals surface area contributed by atoms with Crippen molar-refractivity contribution in [2.75, 3.05) is 19.5 Å². The number of benzene rings is 1. The molecule has 0 bridgehead atoms. The van der Waals surface area contributed by atoms with Gasteiger partial charge in [-0.25, -0.2) is 0 Å². The molecule has 6 nitrogen and oxygen atoms in total. The summed E-state index contributed by atoms with van der Waals surface area (Å²) in [5.41, 5.74) is 2.62. The quantitative estimate of drug-likeness (QED) is 0.889. The molecule has 0 aliphatic rings. The van der Waals surface area contributed by atoms with Crippen molar-refractivity contribution in [3.63, 3.8) is 0 Å². The summed E-state index contributed by atoms with van der Waals surface area (Å²) in [5, 5.41) is 7.30. The molecule has 0 aliphatic heterocycles. The lowest BCUT2D eigenvalue weighted by Crippen LogP contribution is -2.19. The second-order valence-corrected chi connectivity index (χ2v) is 5.54. The number of hydrogen-bond donors (Lipinski definition) is 1.